The topological polar surface area (TPSA) is 111 Å². The van der Waals surface area contributed by atoms with Crippen LogP contribution in [-0.2, 0) is 20.9 Å². The lowest BCUT2D eigenvalue weighted by atomic mass is 9.91. The molecule has 2 saturated heterocycles. The Labute approximate surface area is 272 Å². The largest absolute Gasteiger partial charge is 0.496 e. The summed E-state index contributed by atoms with van der Waals surface area (Å²) in [6.07, 6.45) is 1.27. The number of amides is 5. The van der Waals surface area contributed by atoms with Gasteiger partial charge in [0.05, 0.1) is 17.8 Å². The van der Waals surface area contributed by atoms with E-state index in [1.54, 1.807) is 12.1 Å². The zero-order chi connectivity index (χ0) is 33.3. The van der Waals surface area contributed by atoms with E-state index in [4.69, 9.17) is 16.3 Å². The molecule has 2 fully saturated rings. The molecule has 0 spiro atoms. The number of hydrogen-bond donors (Lipinski definition) is 2. The minimum absolute atomic E-state index is 0.0395. The molecule has 0 aromatic heterocycles. The first kappa shape index (κ1) is 32.9. The average Bonchev–Trinajstić information content (AvgIpc) is 3.43. The number of imide groups is 1. The molecule has 2 N–H and O–H groups in total. The van der Waals surface area contributed by atoms with E-state index in [-0.39, 0.29) is 23.5 Å². The van der Waals surface area contributed by atoms with Crippen molar-refractivity contribution in [3.63, 3.8) is 0 Å². The maximum Gasteiger partial charge on any atom is 0.326 e. The number of carbonyl (C=O) groups is 4. The molecule has 0 bridgehead atoms. The van der Waals surface area contributed by atoms with E-state index in [2.05, 4.69) is 10.6 Å². The first-order valence-corrected chi connectivity index (χ1v) is 15.3. The van der Waals surface area contributed by atoms with Gasteiger partial charge in [0.15, 0.2) is 0 Å². The molecule has 2 atom stereocenters. The molecule has 2 heterocycles. The number of likely N-dealkylation sites (N-methyl/N-ethyl adjacent to an activating group) is 1. The molecular formula is C34H37ClFN5O5. The number of urea groups is 1. The summed E-state index contributed by atoms with van der Waals surface area (Å²) in [6.45, 7) is 2.78. The Hall–Kier alpha value is -4.48. The Kier molecular flexibility index (Phi) is 9.64. The van der Waals surface area contributed by atoms with Gasteiger partial charge in [0.1, 0.15) is 17.5 Å². The monoisotopic (exact) mass is 649 g/mol. The van der Waals surface area contributed by atoms with Crippen LogP contribution >= 0.6 is 11.6 Å². The zero-order valence-electron chi connectivity index (χ0n) is 26.4. The average molecular weight is 650 g/mol. The first-order chi connectivity index (χ1) is 21.9. The molecular weight excluding hydrogens is 613 g/mol. The van der Waals surface area contributed by atoms with Crippen molar-refractivity contribution in [2.75, 3.05) is 46.7 Å². The number of nitrogens with zero attached hydrogens (tertiary/aromatic N) is 3. The minimum Gasteiger partial charge on any atom is -0.496 e. The van der Waals surface area contributed by atoms with Crippen LogP contribution in [0.4, 0.5) is 14.9 Å². The maximum atomic E-state index is 15.7. The van der Waals surface area contributed by atoms with Gasteiger partial charge in [-0.2, -0.15) is 0 Å². The summed E-state index contributed by atoms with van der Waals surface area (Å²) in [5.74, 6) is -2.17. The van der Waals surface area contributed by atoms with Crippen LogP contribution in [0.25, 0.3) is 22.3 Å². The molecule has 5 amide bonds. The highest BCUT2D eigenvalue weighted by Gasteiger charge is 2.39. The van der Waals surface area contributed by atoms with Gasteiger partial charge in [-0.15, -0.1) is 0 Å². The van der Waals surface area contributed by atoms with Crippen LogP contribution in [0.1, 0.15) is 24.0 Å². The number of anilines is 1. The van der Waals surface area contributed by atoms with Crippen LogP contribution in [0, 0.1) is 18.7 Å². The van der Waals surface area contributed by atoms with Gasteiger partial charge in [0.25, 0.3) is 0 Å². The van der Waals surface area contributed by atoms with Crippen LogP contribution in [0.2, 0.25) is 5.02 Å². The van der Waals surface area contributed by atoms with E-state index in [1.807, 2.05) is 49.2 Å². The van der Waals surface area contributed by atoms with Crippen molar-refractivity contribution in [1.82, 2.24) is 20.0 Å². The third-order valence-corrected chi connectivity index (χ3v) is 9.03. The first-order valence-electron chi connectivity index (χ1n) is 15.0. The summed E-state index contributed by atoms with van der Waals surface area (Å²) in [6, 6.07) is 13.7. The van der Waals surface area contributed by atoms with Gasteiger partial charge in [0.2, 0.25) is 17.7 Å². The highest BCUT2D eigenvalue weighted by atomic mass is 35.5. The molecule has 0 aliphatic carbocycles. The highest BCUT2D eigenvalue weighted by molar-refractivity contribution is 6.36. The van der Waals surface area contributed by atoms with E-state index in [0.717, 1.165) is 28.0 Å². The Morgan fingerprint density at radius 1 is 1.11 bits per heavy atom. The zero-order valence-corrected chi connectivity index (χ0v) is 27.2. The van der Waals surface area contributed by atoms with Gasteiger partial charge in [-0.05, 0) is 60.8 Å². The quantitative estimate of drug-likeness (QED) is 0.319. The third-order valence-electron chi connectivity index (χ3n) is 8.63. The van der Waals surface area contributed by atoms with Gasteiger partial charge < -0.3 is 20.3 Å². The van der Waals surface area contributed by atoms with Crippen molar-refractivity contribution in [3.8, 4) is 28.0 Å². The predicted octanol–water partition coefficient (Wildman–Crippen LogP) is 4.92. The number of ether oxygens (including phenoxy) is 1. The Morgan fingerprint density at radius 3 is 2.50 bits per heavy atom. The molecule has 10 nitrogen and oxygen atoms in total. The summed E-state index contributed by atoms with van der Waals surface area (Å²) in [7, 11) is 6.27. The lowest BCUT2D eigenvalue weighted by Crippen LogP contribution is -2.56. The molecule has 46 heavy (non-hydrogen) atoms. The van der Waals surface area contributed by atoms with Gasteiger partial charge in [-0.3, -0.25) is 24.2 Å². The fraction of sp³-hybridized carbons (Fsp3) is 0.353. The SMILES string of the molecule is COc1cc(-c2cccc(-c3cccc(NC(=O)C4CN(C)C(=O)N(C)C4=O)c3Cl)c2C)cc(F)c1CN(C)C[C@@H]1CCC(=O)N1. The van der Waals surface area contributed by atoms with Gasteiger partial charge in [0, 0.05) is 57.3 Å². The van der Waals surface area contributed by atoms with Gasteiger partial charge in [-0.1, -0.05) is 41.9 Å². The van der Waals surface area contributed by atoms with Crippen molar-refractivity contribution in [2.45, 2.75) is 32.4 Å². The molecule has 0 radical (unpaired) electrons. The molecule has 2 aliphatic heterocycles. The number of benzene rings is 3. The Morgan fingerprint density at radius 2 is 1.80 bits per heavy atom. The molecule has 5 rings (SSSR count). The van der Waals surface area contributed by atoms with Crippen LogP contribution < -0.4 is 15.4 Å². The van der Waals surface area contributed by atoms with Crippen LogP contribution in [0.3, 0.4) is 0 Å². The van der Waals surface area contributed by atoms with E-state index < -0.39 is 29.6 Å². The second-order valence-electron chi connectivity index (χ2n) is 11.9. The van der Waals surface area contributed by atoms with Crippen molar-refractivity contribution in [2.24, 2.45) is 5.92 Å². The number of carbonyl (C=O) groups excluding carboxylic acids is 4. The van der Waals surface area contributed by atoms with Crippen LogP contribution in [0.5, 0.6) is 5.75 Å². The Balaban J connectivity index is 1.40. The number of nitrogens with one attached hydrogen (secondary N) is 2. The van der Waals surface area contributed by atoms with E-state index in [9.17, 15) is 19.2 Å². The van der Waals surface area contributed by atoms with Crippen molar-refractivity contribution in [1.29, 1.82) is 0 Å². The molecule has 3 aromatic carbocycles. The fourth-order valence-corrected chi connectivity index (χ4v) is 6.41. The van der Waals surface area contributed by atoms with Crippen molar-refractivity contribution in [3.05, 3.63) is 70.5 Å². The van der Waals surface area contributed by atoms with Gasteiger partial charge in [-0.25, -0.2) is 9.18 Å². The van der Waals surface area contributed by atoms with Crippen LogP contribution in [0.15, 0.2) is 48.5 Å². The van der Waals surface area contributed by atoms with E-state index in [0.29, 0.717) is 47.6 Å². The summed E-state index contributed by atoms with van der Waals surface area (Å²) >= 11 is 6.84. The van der Waals surface area contributed by atoms with E-state index >= 15 is 4.39 Å². The lowest BCUT2D eigenvalue weighted by Gasteiger charge is -2.33. The fourth-order valence-electron chi connectivity index (χ4n) is 6.13. The van der Waals surface area contributed by atoms with Crippen molar-refractivity contribution < 1.29 is 28.3 Å². The maximum absolute atomic E-state index is 15.7. The molecule has 2 aliphatic rings. The minimum atomic E-state index is -1.08. The normalized spacial score (nSPS) is 18.3. The number of hydrogen-bond acceptors (Lipinski definition) is 6. The summed E-state index contributed by atoms with van der Waals surface area (Å²) in [5, 5.41) is 5.98. The molecule has 1 unspecified atom stereocenters. The standard InChI is InChI=1S/C34H37ClFN5O5/c1-19-22(20-14-27(36)25(29(15-20)46-5)17-39(2)16-21-12-13-30(42)37-21)8-6-9-23(19)24-10-7-11-28(31(24)35)38-32(43)26-18-40(3)34(45)41(4)33(26)44/h6-11,14-15,21,26H,12-13,16-18H2,1-5H3,(H,37,42)(H,38,43)/t21-,26?/m0/s1. The second-order valence-corrected chi connectivity index (χ2v) is 12.3. The number of methoxy groups -OCH3 is 1. The number of rotatable bonds is 9. The number of halogens is 2. The van der Waals surface area contributed by atoms with Gasteiger partial charge >= 0.3 is 6.03 Å². The summed E-state index contributed by atoms with van der Waals surface area (Å²) in [5.41, 5.74) is 4.40. The van der Waals surface area contributed by atoms with Crippen LogP contribution in [-0.4, -0.2) is 85.8 Å². The summed E-state index contributed by atoms with van der Waals surface area (Å²) in [4.78, 5) is 53.7. The molecule has 0 saturated carbocycles. The molecule has 242 valence electrons. The second kappa shape index (κ2) is 13.5. The smallest absolute Gasteiger partial charge is 0.326 e. The predicted molar refractivity (Wildman–Crippen MR) is 174 cm³/mol. The molecule has 3 aromatic rings. The lowest BCUT2D eigenvalue weighted by molar-refractivity contribution is -0.140. The summed E-state index contributed by atoms with van der Waals surface area (Å²) < 4.78 is 21.3. The molecule has 12 heteroatoms. The van der Waals surface area contributed by atoms with Crippen molar-refractivity contribution >= 4 is 41.0 Å². The highest BCUT2D eigenvalue weighted by Crippen LogP contribution is 2.40. The van der Waals surface area contributed by atoms with E-state index in [1.165, 1.54) is 32.2 Å². The third kappa shape index (κ3) is 6.56. The Bertz CT molecular complexity index is 1720.